The Labute approximate surface area is 42.6 Å². The molecule has 0 aromatic heterocycles. The molecule has 0 bridgehead atoms. The van der Waals surface area contributed by atoms with Crippen LogP contribution in [0.1, 0.15) is 6.92 Å². The zero-order valence-electron chi connectivity index (χ0n) is 3.60. The molecule has 0 saturated heterocycles. The number of rotatable bonds is 1. The molecular weight excluding hydrogens is 101 g/mol. The molecule has 1 nitrogen and oxygen atoms in total. The van der Waals surface area contributed by atoms with Gasteiger partial charge >= 0.3 is 41.9 Å². The predicted octanol–water partition coefficient (Wildman–Crippen LogP) is 0.400. The van der Waals surface area contributed by atoms with Gasteiger partial charge in [0.15, 0.2) is 0 Å². The van der Waals surface area contributed by atoms with Crippen LogP contribution in [0.2, 0.25) is 0 Å². The summed E-state index contributed by atoms with van der Waals surface area (Å²) in [6.45, 7) is 3.22. The van der Waals surface area contributed by atoms with E-state index >= 15 is 0 Å². The number of nitrogens with zero attached hydrogens (tertiary/aromatic N) is 1. The van der Waals surface area contributed by atoms with Gasteiger partial charge < -0.3 is 0 Å². The van der Waals surface area contributed by atoms with Crippen LogP contribution in [0, 0.1) is 0 Å². The van der Waals surface area contributed by atoms with Gasteiger partial charge in [-0.25, -0.2) is 0 Å². The Hall–Kier alpha value is 0.544. The summed E-state index contributed by atoms with van der Waals surface area (Å²) in [6.07, 6.45) is 0. The predicted molar refractivity (Wildman–Crippen MR) is 18.3 cm³/mol. The second kappa shape index (κ2) is 2.76. The molecule has 0 fully saturated rings. The summed E-state index contributed by atoms with van der Waals surface area (Å²) in [7, 11) is 2.03. The SMILES string of the molecule is CC[N](C)[V]. The average Bonchev–Trinajstić information content (AvgIpc) is 1.38. The van der Waals surface area contributed by atoms with Gasteiger partial charge in [-0.3, -0.25) is 0 Å². The molecule has 0 saturated carbocycles. The quantitative estimate of drug-likeness (QED) is 0.471. The molecule has 0 N–H and O–H groups in total. The van der Waals surface area contributed by atoms with Gasteiger partial charge in [-0.1, -0.05) is 0 Å². The van der Waals surface area contributed by atoms with Crippen molar-refractivity contribution in [3.05, 3.63) is 0 Å². The van der Waals surface area contributed by atoms with Crippen LogP contribution in [0.15, 0.2) is 0 Å². The van der Waals surface area contributed by atoms with Gasteiger partial charge in [-0.15, -0.1) is 0 Å². The molecule has 0 radical (unpaired) electrons. The minimum absolute atomic E-state index is 1.11. The van der Waals surface area contributed by atoms with Crippen LogP contribution in [0.5, 0.6) is 0 Å². The third-order valence-corrected chi connectivity index (χ3v) is 0.899. The monoisotopic (exact) mass is 109 g/mol. The van der Waals surface area contributed by atoms with Crippen LogP contribution in [0.3, 0.4) is 0 Å². The van der Waals surface area contributed by atoms with Crippen molar-refractivity contribution in [2.75, 3.05) is 13.6 Å². The summed E-state index contributed by atoms with van der Waals surface area (Å²) in [5, 5.41) is 0. The van der Waals surface area contributed by atoms with Crippen LogP contribution in [-0.2, 0) is 17.7 Å². The molecule has 0 rings (SSSR count). The summed E-state index contributed by atoms with van der Waals surface area (Å²) in [6, 6.07) is 0. The zero-order chi connectivity index (χ0) is 4.28. The van der Waals surface area contributed by atoms with Crippen molar-refractivity contribution in [2.45, 2.75) is 6.92 Å². The van der Waals surface area contributed by atoms with Gasteiger partial charge in [0.05, 0.1) is 0 Å². The molecule has 0 aliphatic carbocycles. The molecule has 30 valence electrons. The third kappa shape index (κ3) is 4.54. The van der Waals surface area contributed by atoms with Crippen molar-refractivity contribution in [3.8, 4) is 0 Å². The first-order valence-electron chi connectivity index (χ1n) is 1.67. The van der Waals surface area contributed by atoms with E-state index < -0.39 is 0 Å². The van der Waals surface area contributed by atoms with Gasteiger partial charge in [0.25, 0.3) is 0 Å². The fraction of sp³-hybridized carbons (Fsp3) is 1.00. The summed E-state index contributed by atoms with van der Waals surface area (Å²) in [5.41, 5.74) is 0. The van der Waals surface area contributed by atoms with Crippen molar-refractivity contribution < 1.29 is 17.7 Å². The van der Waals surface area contributed by atoms with E-state index in [0.717, 1.165) is 6.54 Å². The Morgan fingerprint density at radius 3 is 2.00 bits per heavy atom. The second-order valence-electron chi connectivity index (χ2n) is 0.974. The molecule has 0 aromatic carbocycles. The normalized spacial score (nSPS) is 9.40. The summed E-state index contributed by atoms with van der Waals surface area (Å²) in [5.74, 6) is 0. The van der Waals surface area contributed by atoms with Crippen LogP contribution >= 0.6 is 0 Å². The molecule has 0 spiro atoms. The molecule has 0 atom stereocenters. The summed E-state index contributed by atoms with van der Waals surface area (Å²) >= 11 is 2.44. The Bertz CT molecular complexity index is 20.9. The number of hydrogen-bond acceptors (Lipinski definition) is 1. The van der Waals surface area contributed by atoms with Crippen LogP contribution < -0.4 is 0 Å². The van der Waals surface area contributed by atoms with Crippen LogP contribution in [0.4, 0.5) is 0 Å². The average molecular weight is 109 g/mol. The molecule has 5 heavy (non-hydrogen) atoms. The maximum absolute atomic E-state index is 2.44. The Morgan fingerprint density at radius 1 is 1.80 bits per heavy atom. The van der Waals surface area contributed by atoms with Gasteiger partial charge in [-0.2, -0.15) is 0 Å². The van der Waals surface area contributed by atoms with Crippen molar-refractivity contribution in [1.82, 2.24) is 3.75 Å². The summed E-state index contributed by atoms with van der Waals surface area (Å²) in [4.78, 5) is 0. The van der Waals surface area contributed by atoms with E-state index in [-0.39, 0.29) is 0 Å². The molecule has 0 unspecified atom stereocenters. The first-order chi connectivity index (χ1) is 2.27. The van der Waals surface area contributed by atoms with E-state index in [2.05, 4.69) is 28.3 Å². The molecular formula is C3H8NV. The molecule has 2 heteroatoms. The van der Waals surface area contributed by atoms with Gasteiger partial charge in [0.2, 0.25) is 0 Å². The fourth-order valence-electron chi connectivity index (χ4n) is 0. The molecule has 0 aromatic rings. The van der Waals surface area contributed by atoms with Crippen LogP contribution in [0.25, 0.3) is 0 Å². The van der Waals surface area contributed by atoms with E-state index in [0.29, 0.717) is 0 Å². The maximum atomic E-state index is 2.44. The standard InChI is InChI=1S/C3H8N.V/c1-3-4-2;/h3H2,1-2H3;/q-1;+1. The molecule has 0 heterocycles. The summed E-state index contributed by atoms with van der Waals surface area (Å²) < 4.78 is 2.06. The van der Waals surface area contributed by atoms with Crippen molar-refractivity contribution >= 4 is 0 Å². The number of hydrogen-bond donors (Lipinski definition) is 0. The molecule has 0 aliphatic rings. The first-order valence-corrected chi connectivity index (χ1v) is 2.30. The van der Waals surface area contributed by atoms with E-state index in [1.807, 2.05) is 7.05 Å². The topological polar surface area (TPSA) is 3.24 Å². The van der Waals surface area contributed by atoms with Crippen molar-refractivity contribution in [1.29, 1.82) is 0 Å². The fourth-order valence-corrected chi connectivity index (χ4v) is 0. The van der Waals surface area contributed by atoms with Gasteiger partial charge in [0, 0.05) is 0 Å². The van der Waals surface area contributed by atoms with Gasteiger partial charge in [-0.05, 0) is 0 Å². The van der Waals surface area contributed by atoms with E-state index in [4.69, 9.17) is 0 Å². The first kappa shape index (κ1) is 5.54. The second-order valence-corrected chi connectivity index (χ2v) is 2.04. The Balaban J connectivity index is 2.54. The minimum atomic E-state index is 1.11. The zero-order valence-corrected chi connectivity index (χ0v) is 5.00. The van der Waals surface area contributed by atoms with E-state index in [1.54, 1.807) is 0 Å². The molecule has 0 amide bonds. The van der Waals surface area contributed by atoms with Crippen LogP contribution in [-0.4, -0.2) is 17.3 Å². The van der Waals surface area contributed by atoms with Gasteiger partial charge in [0.1, 0.15) is 0 Å². The molecule has 0 aliphatic heterocycles. The Morgan fingerprint density at radius 2 is 2.00 bits per heavy atom. The van der Waals surface area contributed by atoms with E-state index in [1.165, 1.54) is 0 Å². The van der Waals surface area contributed by atoms with Crippen molar-refractivity contribution in [2.24, 2.45) is 0 Å². The van der Waals surface area contributed by atoms with E-state index in [9.17, 15) is 0 Å². The Kier molecular flexibility index (Phi) is 3.07. The third-order valence-electron chi connectivity index (χ3n) is 0.458. The van der Waals surface area contributed by atoms with Crippen molar-refractivity contribution in [3.63, 3.8) is 0 Å².